The molecule has 0 spiro atoms. The Morgan fingerprint density at radius 3 is 2.64 bits per heavy atom. The lowest BCUT2D eigenvalue weighted by Gasteiger charge is -2.32. The molecule has 1 saturated heterocycles. The highest BCUT2D eigenvalue weighted by atomic mass is 16.2. The molecule has 1 aromatic rings. The van der Waals surface area contributed by atoms with Gasteiger partial charge >= 0.3 is 0 Å². The molecule has 0 bridgehead atoms. The number of hydrogen-bond donors (Lipinski definition) is 0. The van der Waals surface area contributed by atoms with Crippen molar-refractivity contribution in [1.29, 1.82) is 0 Å². The van der Waals surface area contributed by atoms with Crippen LogP contribution >= 0.6 is 0 Å². The number of aromatic nitrogens is 3. The van der Waals surface area contributed by atoms with Crippen molar-refractivity contribution in [3.63, 3.8) is 0 Å². The fraction of sp³-hybridized carbons (Fsp3) is 0.850. The Bertz CT molecular complexity index is 584. The van der Waals surface area contributed by atoms with E-state index in [2.05, 4.69) is 33.0 Å². The molecule has 25 heavy (non-hydrogen) atoms. The summed E-state index contributed by atoms with van der Waals surface area (Å²) in [5, 5.41) is 8.90. The number of rotatable bonds is 5. The van der Waals surface area contributed by atoms with E-state index in [1.807, 2.05) is 0 Å². The van der Waals surface area contributed by atoms with Gasteiger partial charge in [0.25, 0.3) is 0 Å². The van der Waals surface area contributed by atoms with Gasteiger partial charge in [0, 0.05) is 31.1 Å². The van der Waals surface area contributed by atoms with Gasteiger partial charge in [-0.25, -0.2) is 4.68 Å². The minimum atomic E-state index is 0.334. The van der Waals surface area contributed by atoms with Crippen LogP contribution in [-0.2, 0) is 4.79 Å². The molecule has 3 fully saturated rings. The molecular formula is C20H32N4O. The lowest BCUT2D eigenvalue weighted by atomic mass is 9.87. The normalized spacial score (nSPS) is 28.3. The van der Waals surface area contributed by atoms with E-state index in [0.717, 1.165) is 32.4 Å². The third-order valence-electron chi connectivity index (χ3n) is 6.60. The first-order valence-electron chi connectivity index (χ1n) is 10.5. The highest BCUT2D eigenvalue weighted by Gasteiger charge is 2.44. The van der Waals surface area contributed by atoms with Crippen molar-refractivity contribution >= 4 is 5.91 Å². The molecule has 3 aliphatic rings. The number of likely N-dealkylation sites (tertiary alicyclic amines) is 1. The van der Waals surface area contributed by atoms with Gasteiger partial charge in [0.2, 0.25) is 5.91 Å². The maximum atomic E-state index is 12.6. The summed E-state index contributed by atoms with van der Waals surface area (Å²) >= 11 is 0. The fourth-order valence-electron chi connectivity index (χ4n) is 4.88. The van der Waals surface area contributed by atoms with Crippen LogP contribution in [0.5, 0.6) is 0 Å². The van der Waals surface area contributed by atoms with Crippen molar-refractivity contribution in [1.82, 2.24) is 19.9 Å². The molecule has 0 unspecified atom stereocenters. The summed E-state index contributed by atoms with van der Waals surface area (Å²) in [5.41, 5.74) is 1.19. The first-order chi connectivity index (χ1) is 12.3. The van der Waals surface area contributed by atoms with Crippen LogP contribution in [0.3, 0.4) is 0 Å². The zero-order chi connectivity index (χ0) is 17.2. The number of hydrogen-bond acceptors (Lipinski definition) is 3. The molecule has 4 rings (SSSR count). The summed E-state index contributed by atoms with van der Waals surface area (Å²) in [7, 11) is 0. The second-order valence-corrected chi connectivity index (χ2v) is 8.41. The van der Waals surface area contributed by atoms with E-state index < -0.39 is 0 Å². The Labute approximate surface area is 151 Å². The Balaban J connectivity index is 1.29. The highest BCUT2D eigenvalue weighted by Crippen LogP contribution is 2.43. The maximum absolute atomic E-state index is 12.6. The van der Waals surface area contributed by atoms with Crippen molar-refractivity contribution in [3.05, 3.63) is 11.9 Å². The first-order valence-corrected chi connectivity index (χ1v) is 10.5. The Kier molecular flexibility index (Phi) is 5.09. The summed E-state index contributed by atoms with van der Waals surface area (Å²) < 4.78 is 2.09. The van der Waals surface area contributed by atoms with Gasteiger partial charge in [-0.3, -0.25) is 4.79 Å². The Hall–Kier alpha value is -1.39. The molecule has 5 nitrogen and oxygen atoms in total. The van der Waals surface area contributed by atoms with Crippen molar-refractivity contribution in [3.8, 4) is 0 Å². The summed E-state index contributed by atoms with van der Waals surface area (Å²) in [6.07, 6.45) is 14.3. The van der Waals surface area contributed by atoms with Gasteiger partial charge in [-0.05, 0) is 44.4 Å². The number of carbonyl (C=O) groups is 1. The predicted molar refractivity (Wildman–Crippen MR) is 97.2 cm³/mol. The average molecular weight is 345 g/mol. The van der Waals surface area contributed by atoms with E-state index in [-0.39, 0.29) is 0 Å². The summed E-state index contributed by atoms with van der Waals surface area (Å²) in [6, 6.07) is 0.416. The number of nitrogens with zero attached hydrogens (tertiary/aromatic N) is 4. The van der Waals surface area contributed by atoms with E-state index in [1.165, 1.54) is 50.6 Å². The largest absolute Gasteiger partial charge is 0.342 e. The zero-order valence-corrected chi connectivity index (χ0v) is 15.6. The molecule has 1 aliphatic heterocycles. The van der Waals surface area contributed by atoms with E-state index in [1.54, 1.807) is 0 Å². The minimum absolute atomic E-state index is 0.334. The summed E-state index contributed by atoms with van der Waals surface area (Å²) in [4.78, 5) is 14.7. The van der Waals surface area contributed by atoms with Gasteiger partial charge in [-0.2, -0.15) is 0 Å². The van der Waals surface area contributed by atoms with Crippen LogP contribution < -0.4 is 0 Å². The van der Waals surface area contributed by atoms with Crippen LogP contribution in [0, 0.1) is 11.8 Å². The zero-order valence-electron chi connectivity index (χ0n) is 15.6. The maximum Gasteiger partial charge on any atom is 0.225 e. The average Bonchev–Trinajstić information content (AvgIpc) is 3.25. The number of piperidine rings is 1. The molecule has 1 amide bonds. The fourth-order valence-corrected chi connectivity index (χ4v) is 4.88. The number of carbonyl (C=O) groups excluding carboxylic acids is 1. The Morgan fingerprint density at radius 1 is 1.16 bits per heavy atom. The molecule has 1 aromatic heterocycles. The van der Waals surface area contributed by atoms with Gasteiger partial charge in [-0.15, -0.1) is 5.10 Å². The van der Waals surface area contributed by atoms with Crippen LogP contribution in [0.2, 0.25) is 0 Å². The van der Waals surface area contributed by atoms with Crippen LogP contribution in [0.15, 0.2) is 6.20 Å². The first kappa shape index (κ1) is 17.0. The smallest absolute Gasteiger partial charge is 0.225 e. The van der Waals surface area contributed by atoms with Crippen LogP contribution in [0.4, 0.5) is 0 Å². The monoisotopic (exact) mass is 344 g/mol. The minimum Gasteiger partial charge on any atom is -0.342 e. The standard InChI is InChI=1S/C20H32N4O/c1-2-6-16-13-18(16)20(25)23-11-9-17(10-12-23)24-14-19(21-22-24)15-7-4-3-5-8-15/h14-18H,2-13H2,1H3/t16-,18+/m0/s1. The van der Waals surface area contributed by atoms with Crippen LogP contribution in [-0.4, -0.2) is 38.9 Å². The molecule has 2 saturated carbocycles. The van der Waals surface area contributed by atoms with E-state index in [4.69, 9.17) is 0 Å². The van der Waals surface area contributed by atoms with Gasteiger partial charge in [0.15, 0.2) is 0 Å². The lowest BCUT2D eigenvalue weighted by molar-refractivity contribution is -0.134. The van der Waals surface area contributed by atoms with E-state index in [9.17, 15) is 4.79 Å². The summed E-state index contributed by atoms with van der Waals surface area (Å²) in [6.45, 7) is 3.99. The molecule has 0 N–H and O–H groups in total. The highest BCUT2D eigenvalue weighted by molar-refractivity contribution is 5.81. The van der Waals surface area contributed by atoms with Crippen molar-refractivity contribution < 1.29 is 4.79 Å². The molecule has 2 heterocycles. The van der Waals surface area contributed by atoms with E-state index in [0.29, 0.717) is 29.7 Å². The van der Waals surface area contributed by atoms with E-state index >= 15 is 0 Å². The second kappa shape index (κ2) is 7.46. The van der Waals surface area contributed by atoms with Gasteiger partial charge in [0.1, 0.15) is 0 Å². The van der Waals surface area contributed by atoms with Crippen molar-refractivity contribution in [2.45, 2.75) is 83.1 Å². The number of amides is 1. The van der Waals surface area contributed by atoms with Crippen LogP contribution in [0.25, 0.3) is 0 Å². The second-order valence-electron chi connectivity index (χ2n) is 8.41. The molecule has 0 radical (unpaired) electrons. The Morgan fingerprint density at radius 2 is 1.92 bits per heavy atom. The third-order valence-corrected chi connectivity index (χ3v) is 6.60. The molecule has 5 heteroatoms. The van der Waals surface area contributed by atoms with Gasteiger partial charge in [-0.1, -0.05) is 37.8 Å². The molecule has 2 atom stereocenters. The predicted octanol–water partition coefficient (Wildman–Crippen LogP) is 3.93. The molecule has 2 aliphatic carbocycles. The van der Waals surface area contributed by atoms with Gasteiger partial charge in [0.05, 0.1) is 11.7 Å². The lowest BCUT2D eigenvalue weighted by Crippen LogP contribution is -2.40. The quantitative estimate of drug-likeness (QED) is 0.813. The molecule has 138 valence electrons. The van der Waals surface area contributed by atoms with Crippen LogP contribution in [0.1, 0.15) is 88.8 Å². The topological polar surface area (TPSA) is 51.0 Å². The molecule has 0 aromatic carbocycles. The molecular weight excluding hydrogens is 312 g/mol. The SMILES string of the molecule is CCC[C@H]1C[C@H]1C(=O)N1CCC(n2cc(C3CCCCC3)nn2)CC1. The summed E-state index contributed by atoms with van der Waals surface area (Å²) in [5.74, 6) is 2.04. The van der Waals surface area contributed by atoms with Crippen molar-refractivity contribution in [2.24, 2.45) is 11.8 Å². The van der Waals surface area contributed by atoms with Crippen molar-refractivity contribution in [2.75, 3.05) is 13.1 Å². The van der Waals surface area contributed by atoms with Gasteiger partial charge < -0.3 is 4.90 Å². The third kappa shape index (κ3) is 3.75.